The molecule has 3 aromatic rings. The summed E-state index contributed by atoms with van der Waals surface area (Å²) in [7, 11) is 1.69. The first kappa shape index (κ1) is 23.6. The van der Waals surface area contributed by atoms with E-state index in [1.165, 1.54) is 11.3 Å². The van der Waals surface area contributed by atoms with Crippen LogP contribution in [0.25, 0.3) is 0 Å². The number of nitrogens with zero attached hydrogens (tertiary/aromatic N) is 2. The third-order valence-corrected chi connectivity index (χ3v) is 6.20. The Bertz CT molecular complexity index is 1040. The molecule has 4 rings (SSSR count). The van der Waals surface area contributed by atoms with Crippen molar-refractivity contribution in [3.05, 3.63) is 89.5 Å². The monoisotopic (exact) mass is 460 g/mol. The first-order chi connectivity index (χ1) is 16.6. The number of anilines is 1. The topological polar surface area (TPSA) is 62.2 Å². The Balaban J connectivity index is 1.20. The lowest BCUT2D eigenvalue weighted by atomic mass is 10.1. The van der Waals surface area contributed by atoms with Crippen LogP contribution in [-0.2, 0) is 24.4 Å². The molecule has 0 unspecified atom stereocenters. The lowest BCUT2D eigenvalue weighted by Crippen LogP contribution is -2.45. The molecule has 1 N–H and O–H groups in total. The summed E-state index contributed by atoms with van der Waals surface area (Å²) in [4.78, 5) is 15.6. The van der Waals surface area contributed by atoms with E-state index in [2.05, 4.69) is 46.2 Å². The maximum absolute atomic E-state index is 10.7. The number of ether oxygens (including phenoxy) is 2. The number of hydrogen-bond donors (Lipinski definition) is 1. The van der Waals surface area contributed by atoms with E-state index in [1.807, 2.05) is 36.4 Å². The molecule has 3 aromatic carbocycles. The van der Waals surface area contributed by atoms with Gasteiger partial charge in [-0.2, -0.15) is 0 Å². The Hall–Kier alpha value is -3.51. The van der Waals surface area contributed by atoms with Crippen LogP contribution in [-0.4, -0.2) is 49.3 Å². The average molecular weight is 461 g/mol. The van der Waals surface area contributed by atoms with Crippen LogP contribution in [0.1, 0.15) is 23.1 Å². The van der Waals surface area contributed by atoms with Gasteiger partial charge < -0.3 is 19.5 Å². The van der Waals surface area contributed by atoms with E-state index in [0.717, 1.165) is 55.3 Å². The van der Waals surface area contributed by atoms with Gasteiger partial charge in [-0.1, -0.05) is 36.4 Å². The molecule has 1 saturated heterocycles. The highest BCUT2D eigenvalue weighted by Crippen LogP contribution is 2.21. The number of methoxy groups -OCH3 is 1. The van der Waals surface area contributed by atoms with Crippen molar-refractivity contribution in [2.75, 3.05) is 38.2 Å². The molecule has 0 amide bonds. The van der Waals surface area contributed by atoms with Gasteiger partial charge in [0, 0.05) is 44.8 Å². The standard InChI is InChI=1S/C28H32N2O4/c1-33-26-13-9-25(10-14-26)30-18-16-29(17-19-30)20-23-2-4-24(5-3-23)21-34-27-11-6-22(7-12-27)8-15-28(31)32/h2-7,9-14H,8,15-21H2,1H3,(H,31,32). The summed E-state index contributed by atoms with van der Waals surface area (Å²) < 4.78 is 11.1. The van der Waals surface area contributed by atoms with Gasteiger partial charge in [0.2, 0.25) is 0 Å². The molecule has 0 aliphatic carbocycles. The van der Waals surface area contributed by atoms with Crippen LogP contribution in [0.3, 0.4) is 0 Å². The number of carbonyl (C=O) groups is 1. The molecule has 6 nitrogen and oxygen atoms in total. The van der Waals surface area contributed by atoms with Crippen LogP contribution in [0.2, 0.25) is 0 Å². The first-order valence-electron chi connectivity index (χ1n) is 11.7. The van der Waals surface area contributed by atoms with Crippen molar-refractivity contribution >= 4 is 11.7 Å². The Morgan fingerprint density at radius 3 is 2.00 bits per heavy atom. The van der Waals surface area contributed by atoms with E-state index in [1.54, 1.807) is 7.11 Å². The number of carboxylic acids is 1. The molecule has 0 atom stereocenters. The van der Waals surface area contributed by atoms with E-state index in [9.17, 15) is 4.79 Å². The van der Waals surface area contributed by atoms with Gasteiger partial charge in [-0.15, -0.1) is 0 Å². The smallest absolute Gasteiger partial charge is 0.303 e. The van der Waals surface area contributed by atoms with E-state index < -0.39 is 5.97 Å². The maximum atomic E-state index is 10.7. The molecular formula is C28H32N2O4. The van der Waals surface area contributed by atoms with Gasteiger partial charge in [0.1, 0.15) is 18.1 Å². The molecule has 1 heterocycles. The minimum absolute atomic E-state index is 0.144. The molecule has 0 aromatic heterocycles. The predicted molar refractivity (Wildman–Crippen MR) is 134 cm³/mol. The normalized spacial score (nSPS) is 14.1. The summed E-state index contributed by atoms with van der Waals surface area (Å²) in [6, 6.07) is 24.6. The fourth-order valence-electron chi connectivity index (χ4n) is 4.13. The number of aryl methyl sites for hydroxylation is 1. The van der Waals surface area contributed by atoms with E-state index >= 15 is 0 Å². The summed E-state index contributed by atoms with van der Waals surface area (Å²) in [6.07, 6.45) is 0.679. The number of rotatable bonds is 10. The van der Waals surface area contributed by atoms with Gasteiger partial charge in [0.25, 0.3) is 0 Å². The number of piperazine rings is 1. The lowest BCUT2D eigenvalue weighted by Gasteiger charge is -2.36. The van der Waals surface area contributed by atoms with E-state index in [-0.39, 0.29) is 6.42 Å². The summed E-state index contributed by atoms with van der Waals surface area (Å²) in [6.45, 7) is 5.59. The third-order valence-electron chi connectivity index (χ3n) is 6.20. The van der Waals surface area contributed by atoms with Gasteiger partial charge in [0.05, 0.1) is 7.11 Å². The average Bonchev–Trinajstić information content (AvgIpc) is 2.88. The number of hydrogen-bond acceptors (Lipinski definition) is 5. The van der Waals surface area contributed by atoms with Crippen LogP contribution in [0.15, 0.2) is 72.8 Å². The van der Waals surface area contributed by atoms with Gasteiger partial charge in [0.15, 0.2) is 0 Å². The van der Waals surface area contributed by atoms with Crippen molar-refractivity contribution in [2.24, 2.45) is 0 Å². The minimum Gasteiger partial charge on any atom is -0.497 e. The van der Waals surface area contributed by atoms with Crippen molar-refractivity contribution < 1.29 is 19.4 Å². The Morgan fingerprint density at radius 1 is 0.794 bits per heavy atom. The van der Waals surface area contributed by atoms with Gasteiger partial charge >= 0.3 is 5.97 Å². The molecule has 0 spiro atoms. The highest BCUT2D eigenvalue weighted by Gasteiger charge is 2.17. The molecule has 1 aliphatic rings. The SMILES string of the molecule is COc1ccc(N2CCN(Cc3ccc(COc4ccc(CCC(=O)O)cc4)cc3)CC2)cc1. The molecule has 34 heavy (non-hydrogen) atoms. The van der Waals surface area contributed by atoms with Gasteiger partial charge in [-0.3, -0.25) is 9.69 Å². The molecule has 0 saturated carbocycles. The van der Waals surface area contributed by atoms with Crippen LogP contribution in [0.4, 0.5) is 5.69 Å². The zero-order valence-electron chi connectivity index (χ0n) is 19.7. The summed E-state index contributed by atoms with van der Waals surface area (Å²) in [5, 5.41) is 8.79. The molecular weight excluding hydrogens is 428 g/mol. The molecule has 178 valence electrons. The highest BCUT2D eigenvalue weighted by molar-refractivity contribution is 5.67. The third kappa shape index (κ3) is 6.75. The summed E-state index contributed by atoms with van der Waals surface area (Å²) in [5.74, 6) is 0.902. The highest BCUT2D eigenvalue weighted by atomic mass is 16.5. The molecule has 1 fully saturated rings. The summed E-state index contributed by atoms with van der Waals surface area (Å²) in [5.41, 5.74) is 4.69. The number of carboxylic acid groups (broad SMARTS) is 1. The predicted octanol–water partition coefficient (Wildman–Crippen LogP) is 4.61. The van der Waals surface area contributed by atoms with Crippen LogP contribution in [0.5, 0.6) is 11.5 Å². The van der Waals surface area contributed by atoms with Crippen molar-refractivity contribution in [3.8, 4) is 11.5 Å². The number of benzene rings is 3. The Labute approximate surface area is 201 Å². The van der Waals surface area contributed by atoms with Crippen LogP contribution >= 0.6 is 0 Å². The number of aliphatic carboxylic acids is 1. The van der Waals surface area contributed by atoms with Crippen molar-refractivity contribution in [2.45, 2.75) is 26.0 Å². The minimum atomic E-state index is -0.778. The largest absolute Gasteiger partial charge is 0.497 e. The second-order valence-corrected chi connectivity index (χ2v) is 8.60. The fourth-order valence-corrected chi connectivity index (χ4v) is 4.13. The maximum Gasteiger partial charge on any atom is 0.303 e. The summed E-state index contributed by atoms with van der Waals surface area (Å²) >= 11 is 0. The molecule has 0 radical (unpaired) electrons. The van der Waals surface area contributed by atoms with Crippen LogP contribution in [0, 0.1) is 0 Å². The van der Waals surface area contributed by atoms with Gasteiger partial charge in [-0.05, 0) is 59.5 Å². The van der Waals surface area contributed by atoms with E-state index in [0.29, 0.717) is 13.0 Å². The zero-order chi connectivity index (χ0) is 23.8. The molecule has 1 aliphatic heterocycles. The molecule has 6 heteroatoms. The van der Waals surface area contributed by atoms with Crippen molar-refractivity contribution in [1.29, 1.82) is 0 Å². The van der Waals surface area contributed by atoms with Crippen molar-refractivity contribution in [3.63, 3.8) is 0 Å². The lowest BCUT2D eigenvalue weighted by molar-refractivity contribution is -0.136. The van der Waals surface area contributed by atoms with Gasteiger partial charge in [-0.25, -0.2) is 0 Å². The second-order valence-electron chi connectivity index (χ2n) is 8.60. The second kappa shape index (κ2) is 11.6. The Kier molecular flexibility index (Phi) is 8.04. The first-order valence-corrected chi connectivity index (χ1v) is 11.7. The van der Waals surface area contributed by atoms with E-state index in [4.69, 9.17) is 14.6 Å². The van der Waals surface area contributed by atoms with Crippen LogP contribution < -0.4 is 14.4 Å². The zero-order valence-corrected chi connectivity index (χ0v) is 19.7. The Morgan fingerprint density at radius 2 is 1.38 bits per heavy atom. The fraction of sp³-hybridized carbons (Fsp3) is 0.321. The molecule has 0 bridgehead atoms. The van der Waals surface area contributed by atoms with Crippen molar-refractivity contribution in [1.82, 2.24) is 4.90 Å². The quantitative estimate of drug-likeness (QED) is 0.477.